The van der Waals surface area contributed by atoms with E-state index in [9.17, 15) is 31.6 Å². The molecule has 0 radical (unpaired) electrons. The summed E-state index contributed by atoms with van der Waals surface area (Å²) in [6, 6.07) is 35.6. The molecule has 0 aliphatic rings. The van der Waals surface area contributed by atoms with Gasteiger partial charge >= 0.3 is 0 Å². The molecule has 0 N–H and O–H groups in total. The number of nitrogens with zero attached hydrogens (tertiary/aromatic N) is 13. The highest BCUT2D eigenvalue weighted by atomic mass is 15.1. The van der Waals surface area contributed by atoms with Crippen molar-refractivity contribution < 1.29 is 0 Å². The smallest absolute Gasteiger partial charge is 0.177 e. The Balaban J connectivity index is 1.31. The summed E-state index contributed by atoms with van der Waals surface area (Å²) in [6.07, 6.45) is 10.9. The lowest BCUT2D eigenvalue weighted by molar-refractivity contribution is 0.882. The Morgan fingerprint density at radius 2 is 0.655 bits per heavy atom. The summed E-state index contributed by atoms with van der Waals surface area (Å²) in [4.78, 5) is 14.9. The molecule has 0 fully saturated rings. The van der Waals surface area contributed by atoms with Gasteiger partial charge < -0.3 is 18.6 Å². The van der Waals surface area contributed by atoms with E-state index < -0.39 is 0 Å². The van der Waals surface area contributed by atoms with Crippen LogP contribution in [0.1, 0.15) is 68.3 Å². The monoisotopic (exact) mass is 713 g/mol. The van der Waals surface area contributed by atoms with Crippen molar-refractivity contribution in [3.63, 3.8) is 0 Å². The van der Waals surface area contributed by atoms with E-state index in [0.29, 0.717) is 17.5 Å². The van der Waals surface area contributed by atoms with Gasteiger partial charge in [0.05, 0.1) is 0 Å². The maximum absolute atomic E-state index is 9.41. The standard InChI is InChI=1S/C42H27N13/c1-52-37(25-46)34(22-43)49-40(52)19-10-28-4-13-31(14-5-28)55(32-15-6-29(7-16-32)11-20-41-50-35(23-44)38(26-47)53(41)2)33-17-8-30(9-18-33)12-21-42-51-36(24-45)39(27-48)54(42)3/h4-21H,1-3H3/b19-10+,20-11+,21-12+. The van der Waals surface area contributed by atoms with Gasteiger partial charge in [0.25, 0.3) is 0 Å². The summed E-state index contributed by atoms with van der Waals surface area (Å²) >= 11 is 0. The third-order valence-corrected chi connectivity index (χ3v) is 8.75. The van der Waals surface area contributed by atoms with Gasteiger partial charge in [-0.15, -0.1) is 0 Å². The Bertz CT molecular complexity index is 2470. The molecule has 3 aromatic heterocycles. The molecule has 3 heterocycles. The average molecular weight is 714 g/mol. The van der Waals surface area contributed by atoms with E-state index in [-0.39, 0.29) is 34.2 Å². The van der Waals surface area contributed by atoms with Crippen molar-refractivity contribution in [2.24, 2.45) is 21.1 Å². The molecule has 0 aliphatic heterocycles. The zero-order valence-corrected chi connectivity index (χ0v) is 29.7. The predicted octanol–water partition coefficient (Wildman–Crippen LogP) is 7.10. The molecule has 0 unspecified atom stereocenters. The van der Waals surface area contributed by atoms with Crippen LogP contribution in [0.5, 0.6) is 0 Å². The maximum atomic E-state index is 9.41. The van der Waals surface area contributed by atoms with Gasteiger partial charge in [-0.1, -0.05) is 54.6 Å². The van der Waals surface area contributed by atoms with Crippen LogP contribution in [-0.4, -0.2) is 28.7 Å². The Hall–Kier alpha value is -8.75. The number of imidazole rings is 3. The van der Waals surface area contributed by atoms with Gasteiger partial charge in [-0.3, -0.25) is 0 Å². The van der Waals surface area contributed by atoms with Crippen LogP contribution >= 0.6 is 0 Å². The van der Waals surface area contributed by atoms with E-state index in [1.54, 1.807) is 53.1 Å². The minimum absolute atomic E-state index is 0.0782. The molecule has 0 aliphatic carbocycles. The van der Waals surface area contributed by atoms with Gasteiger partial charge in [-0.2, -0.15) is 31.6 Å². The van der Waals surface area contributed by atoms with E-state index in [1.165, 1.54) is 0 Å². The van der Waals surface area contributed by atoms with Gasteiger partial charge in [-0.05, 0) is 71.3 Å². The second-order valence-electron chi connectivity index (χ2n) is 12.0. The Morgan fingerprint density at radius 1 is 0.400 bits per heavy atom. The molecular formula is C42H27N13. The number of benzene rings is 3. The lowest BCUT2D eigenvalue weighted by Crippen LogP contribution is -2.09. The Morgan fingerprint density at radius 3 is 0.855 bits per heavy atom. The van der Waals surface area contributed by atoms with Gasteiger partial charge in [-0.25, -0.2) is 15.0 Å². The lowest BCUT2D eigenvalue weighted by Gasteiger charge is -2.26. The summed E-state index contributed by atoms with van der Waals surface area (Å²) < 4.78 is 4.74. The summed E-state index contributed by atoms with van der Waals surface area (Å²) in [5.74, 6) is 1.46. The Labute approximate surface area is 316 Å². The first-order valence-electron chi connectivity index (χ1n) is 16.5. The molecule has 0 saturated heterocycles. The summed E-state index contributed by atoms with van der Waals surface area (Å²) in [7, 11) is 5.07. The summed E-state index contributed by atoms with van der Waals surface area (Å²) in [6.45, 7) is 0. The van der Waals surface area contributed by atoms with Crippen molar-refractivity contribution in [2.75, 3.05) is 4.90 Å². The molecule has 3 aromatic carbocycles. The summed E-state index contributed by atoms with van der Waals surface area (Å²) in [5, 5.41) is 56.2. The molecule has 0 atom stereocenters. The fourth-order valence-corrected chi connectivity index (χ4v) is 5.78. The molecule has 0 spiro atoms. The van der Waals surface area contributed by atoms with Crippen LogP contribution in [0, 0.1) is 68.0 Å². The van der Waals surface area contributed by atoms with E-state index in [4.69, 9.17) is 0 Å². The molecule has 13 heteroatoms. The highest BCUT2D eigenvalue weighted by Gasteiger charge is 2.16. The first kappa shape index (κ1) is 36.1. The molecule has 0 saturated carbocycles. The van der Waals surface area contributed by atoms with Crippen molar-refractivity contribution in [3.8, 4) is 36.4 Å². The van der Waals surface area contributed by atoms with Crippen molar-refractivity contribution in [1.29, 1.82) is 31.6 Å². The van der Waals surface area contributed by atoms with E-state index in [1.807, 2.05) is 127 Å². The zero-order chi connectivity index (χ0) is 39.1. The normalized spacial score (nSPS) is 10.9. The summed E-state index contributed by atoms with van der Waals surface area (Å²) in [5.41, 5.74) is 6.11. The SMILES string of the molecule is Cn1c(/C=C/c2ccc(N(c3ccc(/C=C/c4nc(C#N)c(C#N)n4C)cc3)c3ccc(/C=C/c4nc(C#N)c(C#N)n4C)cc3)cc2)nc(C#N)c1C#N. The van der Waals surface area contributed by atoms with Crippen molar-refractivity contribution >= 4 is 53.5 Å². The fourth-order valence-electron chi connectivity index (χ4n) is 5.78. The van der Waals surface area contributed by atoms with Crippen molar-refractivity contribution in [1.82, 2.24) is 28.7 Å². The highest BCUT2D eigenvalue weighted by molar-refractivity contribution is 5.80. The second-order valence-corrected chi connectivity index (χ2v) is 12.0. The largest absolute Gasteiger partial charge is 0.318 e. The molecule has 13 nitrogen and oxygen atoms in total. The molecule has 55 heavy (non-hydrogen) atoms. The first-order chi connectivity index (χ1) is 26.7. The number of nitriles is 6. The average Bonchev–Trinajstić information content (AvgIpc) is 3.83. The Kier molecular flexibility index (Phi) is 10.3. The van der Waals surface area contributed by atoms with Crippen molar-refractivity contribution in [3.05, 3.63) is 141 Å². The number of aromatic nitrogens is 6. The maximum Gasteiger partial charge on any atom is 0.177 e. The molecule has 0 bridgehead atoms. The quantitative estimate of drug-likeness (QED) is 0.149. The van der Waals surface area contributed by atoms with Gasteiger partial charge in [0.2, 0.25) is 0 Å². The van der Waals surface area contributed by atoms with E-state index >= 15 is 0 Å². The molecular weight excluding hydrogens is 687 g/mol. The lowest BCUT2D eigenvalue weighted by atomic mass is 10.1. The first-order valence-corrected chi connectivity index (χ1v) is 16.5. The second kappa shape index (κ2) is 15.6. The van der Waals surface area contributed by atoms with Crippen molar-refractivity contribution in [2.45, 2.75) is 0 Å². The minimum atomic E-state index is 0.0782. The number of hydrogen-bond donors (Lipinski definition) is 0. The van der Waals surface area contributed by atoms with Crippen LogP contribution < -0.4 is 4.90 Å². The highest BCUT2D eigenvalue weighted by Crippen LogP contribution is 2.35. The van der Waals surface area contributed by atoms with Crippen LogP contribution in [0.2, 0.25) is 0 Å². The minimum Gasteiger partial charge on any atom is -0.318 e. The molecule has 6 rings (SSSR count). The predicted molar refractivity (Wildman–Crippen MR) is 206 cm³/mol. The van der Waals surface area contributed by atoms with Crippen LogP contribution in [0.25, 0.3) is 36.5 Å². The van der Waals surface area contributed by atoms with E-state index in [0.717, 1.165) is 33.8 Å². The van der Waals surface area contributed by atoms with Crippen LogP contribution in [-0.2, 0) is 21.1 Å². The molecule has 6 aromatic rings. The topological polar surface area (TPSA) is 199 Å². The molecule has 260 valence electrons. The third-order valence-electron chi connectivity index (χ3n) is 8.75. The van der Waals surface area contributed by atoms with Crippen LogP contribution in [0.15, 0.2) is 72.8 Å². The molecule has 0 amide bonds. The zero-order valence-electron chi connectivity index (χ0n) is 29.7. The van der Waals surface area contributed by atoms with Gasteiger partial charge in [0, 0.05) is 38.2 Å². The number of anilines is 3. The van der Waals surface area contributed by atoms with Gasteiger partial charge in [0.1, 0.15) is 53.9 Å². The van der Waals surface area contributed by atoms with Gasteiger partial charge in [0.15, 0.2) is 34.2 Å². The number of hydrogen-bond acceptors (Lipinski definition) is 10. The fraction of sp³-hybridized carbons (Fsp3) is 0.0714. The van der Waals surface area contributed by atoms with E-state index in [2.05, 4.69) is 19.9 Å². The van der Waals surface area contributed by atoms with Crippen LogP contribution in [0.4, 0.5) is 17.1 Å². The number of rotatable bonds is 9. The third kappa shape index (κ3) is 7.22. The van der Waals surface area contributed by atoms with Crippen LogP contribution in [0.3, 0.4) is 0 Å².